The molecule has 2 nitrogen and oxygen atoms in total. The van der Waals surface area contributed by atoms with Gasteiger partial charge in [-0.1, -0.05) is 17.7 Å². The van der Waals surface area contributed by atoms with Crippen molar-refractivity contribution in [1.82, 2.24) is 0 Å². The number of aryl methyl sites for hydroxylation is 1. The van der Waals surface area contributed by atoms with Gasteiger partial charge in [0.1, 0.15) is 0 Å². The Morgan fingerprint density at radius 1 is 0.852 bits per heavy atom. The highest BCUT2D eigenvalue weighted by Crippen LogP contribution is 2.40. The lowest BCUT2D eigenvalue weighted by atomic mass is 10.0. The number of nitrogens with zero attached hydrogens (tertiary/aromatic N) is 1. The highest BCUT2D eigenvalue weighted by Gasteiger charge is 2.20. The molecule has 0 fully saturated rings. The predicted octanol–water partition coefficient (Wildman–Crippen LogP) is 6.81. The Morgan fingerprint density at radius 2 is 1.52 bits per heavy atom. The van der Waals surface area contributed by atoms with Crippen LogP contribution in [0.1, 0.15) is 30.5 Å². The van der Waals surface area contributed by atoms with Gasteiger partial charge in [-0.25, -0.2) is 0 Å². The van der Waals surface area contributed by atoms with Crippen LogP contribution in [-0.2, 0) is 6.42 Å². The third-order valence-electron chi connectivity index (χ3n) is 5.45. The normalized spacial score (nSPS) is 11.9. The smallest absolute Gasteiger partial charge is 0.0438 e. The summed E-state index contributed by atoms with van der Waals surface area (Å²) in [6.07, 6.45) is 0.962. The van der Waals surface area contributed by atoms with E-state index in [1.54, 1.807) is 0 Å². The van der Waals surface area contributed by atoms with Gasteiger partial charge in [-0.15, -0.1) is 0 Å². The minimum atomic E-state index is 0.855. The zero-order valence-corrected chi connectivity index (χ0v) is 16.9. The van der Waals surface area contributed by atoms with Crippen molar-refractivity contribution < 1.29 is 0 Å². The van der Waals surface area contributed by atoms with Gasteiger partial charge in [0.2, 0.25) is 0 Å². The second kappa shape index (κ2) is 7.28. The van der Waals surface area contributed by atoms with E-state index in [4.69, 9.17) is 11.6 Å². The second-order valence-corrected chi connectivity index (χ2v) is 7.56. The molecule has 1 aliphatic rings. The maximum Gasteiger partial charge on any atom is 0.0438 e. The number of hydrogen-bond acceptors (Lipinski definition) is 2. The number of halogens is 1. The molecule has 0 amide bonds. The van der Waals surface area contributed by atoms with Gasteiger partial charge in [0.15, 0.2) is 0 Å². The summed E-state index contributed by atoms with van der Waals surface area (Å²) >= 11 is 6.31. The van der Waals surface area contributed by atoms with Crippen molar-refractivity contribution in [3.63, 3.8) is 0 Å². The highest BCUT2D eigenvalue weighted by atomic mass is 35.5. The number of anilines is 3. The van der Waals surface area contributed by atoms with Crippen LogP contribution in [0.2, 0.25) is 5.02 Å². The summed E-state index contributed by atoms with van der Waals surface area (Å²) in [6.45, 7) is 8.49. The average molecular weight is 377 g/mol. The molecule has 138 valence electrons. The number of nitrogens with one attached hydrogen (secondary N) is 1. The van der Waals surface area contributed by atoms with Gasteiger partial charge in [-0.2, -0.15) is 0 Å². The number of hydrogen-bond donors (Lipinski definition) is 1. The van der Waals surface area contributed by atoms with Crippen LogP contribution >= 0.6 is 11.6 Å². The van der Waals surface area contributed by atoms with Crippen LogP contribution in [-0.4, -0.2) is 13.1 Å². The van der Waals surface area contributed by atoms with E-state index in [1.165, 1.54) is 27.9 Å². The van der Waals surface area contributed by atoms with E-state index < -0.39 is 0 Å². The van der Waals surface area contributed by atoms with E-state index in [-0.39, 0.29) is 0 Å². The summed E-state index contributed by atoms with van der Waals surface area (Å²) in [4.78, 5) is 2.35. The first-order valence-electron chi connectivity index (χ1n) is 9.63. The molecule has 3 heteroatoms. The molecular weight excluding hydrogens is 352 g/mol. The number of fused-ring (bicyclic) bond motifs is 3. The summed E-state index contributed by atoms with van der Waals surface area (Å²) in [5.41, 5.74) is 9.94. The molecule has 0 aliphatic heterocycles. The summed E-state index contributed by atoms with van der Waals surface area (Å²) in [7, 11) is 0. The first-order valence-corrected chi connectivity index (χ1v) is 10.0. The molecule has 0 saturated heterocycles. The van der Waals surface area contributed by atoms with Crippen molar-refractivity contribution in [2.45, 2.75) is 27.2 Å². The van der Waals surface area contributed by atoms with Gasteiger partial charge in [-0.05, 0) is 104 Å². The third kappa shape index (κ3) is 3.42. The second-order valence-electron chi connectivity index (χ2n) is 7.15. The van der Waals surface area contributed by atoms with Gasteiger partial charge in [0, 0.05) is 35.2 Å². The molecular formula is C24H25ClN2. The fourth-order valence-corrected chi connectivity index (χ4v) is 4.08. The average Bonchev–Trinajstić information content (AvgIpc) is 3.01. The topological polar surface area (TPSA) is 15.3 Å². The highest BCUT2D eigenvalue weighted by molar-refractivity contribution is 6.31. The fourth-order valence-electron chi connectivity index (χ4n) is 3.89. The van der Waals surface area contributed by atoms with Crippen molar-refractivity contribution >= 4 is 28.7 Å². The number of rotatable bonds is 5. The molecule has 0 heterocycles. The van der Waals surface area contributed by atoms with Crippen LogP contribution in [0, 0.1) is 6.92 Å². The molecule has 0 unspecified atom stereocenters. The van der Waals surface area contributed by atoms with E-state index in [0.29, 0.717) is 0 Å². The van der Waals surface area contributed by atoms with Crippen molar-refractivity contribution in [1.29, 1.82) is 0 Å². The largest absolute Gasteiger partial charge is 0.372 e. The quantitative estimate of drug-likeness (QED) is 0.411. The fraction of sp³-hybridized carbons (Fsp3) is 0.250. The van der Waals surface area contributed by atoms with E-state index in [1.807, 2.05) is 0 Å². The molecule has 1 N–H and O–H groups in total. The summed E-state index contributed by atoms with van der Waals surface area (Å²) < 4.78 is 0. The Bertz CT molecular complexity index is 972. The van der Waals surface area contributed by atoms with E-state index in [9.17, 15) is 0 Å². The summed E-state index contributed by atoms with van der Waals surface area (Å²) in [6, 6.07) is 19.6. The van der Waals surface area contributed by atoms with Gasteiger partial charge in [0.05, 0.1) is 0 Å². The van der Waals surface area contributed by atoms with Gasteiger partial charge in [-0.3, -0.25) is 0 Å². The summed E-state index contributed by atoms with van der Waals surface area (Å²) in [5, 5.41) is 4.40. The first-order chi connectivity index (χ1) is 13.1. The molecule has 1 aliphatic carbocycles. The van der Waals surface area contributed by atoms with Crippen molar-refractivity contribution in [3.8, 4) is 11.1 Å². The summed E-state index contributed by atoms with van der Waals surface area (Å²) in [5.74, 6) is 0. The van der Waals surface area contributed by atoms with Gasteiger partial charge < -0.3 is 10.2 Å². The number of benzene rings is 3. The van der Waals surface area contributed by atoms with Crippen molar-refractivity contribution in [2.24, 2.45) is 0 Å². The maximum absolute atomic E-state index is 6.31. The molecule has 0 saturated carbocycles. The lowest BCUT2D eigenvalue weighted by Gasteiger charge is -2.21. The van der Waals surface area contributed by atoms with Crippen LogP contribution in [0.3, 0.4) is 0 Å². The molecule has 0 atom stereocenters. The minimum absolute atomic E-state index is 0.855. The van der Waals surface area contributed by atoms with Crippen LogP contribution < -0.4 is 10.2 Å². The molecule has 3 aromatic rings. The predicted molar refractivity (Wildman–Crippen MR) is 118 cm³/mol. The van der Waals surface area contributed by atoms with Gasteiger partial charge >= 0.3 is 0 Å². The maximum atomic E-state index is 6.31. The van der Waals surface area contributed by atoms with Crippen molar-refractivity contribution in [3.05, 3.63) is 76.3 Å². The van der Waals surface area contributed by atoms with E-state index in [0.717, 1.165) is 41.5 Å². The van der Waals surface area contributed by atoms with Crippen LogP contribution in [0.5, 0.6) is 0 Å². The van der Waals surface area contributed by atoms with Crippen LogP contribution in [0.4, 0.5) is 17.1 Å². The Kier molecular flexibility index (Phi) is 4.84. The Morgan fingerprint density at radius 3 is 2.22 bits per heavy atom. The zero-order valence-electron chi connectivity index (χ0n) is 16.1. The third-order valence-corrected chi connectivity index (χ3v) is 5.86. The van der Waals surface area contributed by atoms with Crippen LogP contribution in [0.25, 0.3) is 11.1 Å². The standard InChI is InChI=1S/C24H25ClN2/c1-4-27(5-2)21-10-8-19(9-11-21)26-20-7-6-17-13-18-14-24(25)16(3)12-22(18)23(17)15-20/h6-12,14-15,26H,4-5,13H2,1-3H3. The molecule has 0 bridgehead atoms. The SMILES string of the molecule is CCN(CC)c1ccc(Nc2ccc3c(c2)-c2cc(C)c(Cl)cc2C3)cc1. The molecule has 27 heavy (non-hydrogen) atoms. The monoisotopic (exact) mass is 376 g/mol. The zero-order chi connectivity index (χ0) is 19.0. The molecule has 0 spiro atoms. The molecule has 0 radical (unpaired) electrons. The Balaban J connectivity index is 1.59. The van der Waals surface area contributed by atoms with Crippen LogP contribution in [0.15, 0.2) is 54.6 Å². The van der Waals surface area contributed by atoms with E-state index in [2.05, 4.69) is 85.6 Å². The molecule has 0 aromatic heterocycles. The lowest BCUT2D eigenvalue weighted by Crippen LogP contribution is -2.21. The van der Waals surface area contributed by atoms with Crippen molar-refractivity contribution in [2.75, 3.05) is 23.3 Å². The Labute approximate surface area is 166 Å². The lowest BCUT2D eigenvalue weighted by molar-refractivity contribution is 0.866. The Hall–Kier alpha value is -2.45. The molecule has 3 aromatic carbocycles. The molecule has 4 rings (SSSR count). The van der Waals surface area contributed by atoms with Gasteiger partial charge in [0.25, 0.3) is 0 Å². The minimum Gasteiger partial charge on any atom is -0.372 e. The first kappa shape index (κ1) is 17.9. The van der Waals surface area contributed by atoms with E-state index >= 15 is 0 Å².